The second-order valence-corrected chi connectivity index (χ2v) is 6.92. The number of halogens is 3. The van der Waals surface area contributed by atoms with Gasteiger partial charge in [0.1, 0.15) is 11.6 Å². The van der Waals surface area contributed by atoms with Crippen molar-refractivity contribution in [3.8, 4) is 0 Å². The minimum Gasteiger partial charge on any atom is -0.326 e. The Hall–Kier alpha value is -0.490. The third-order valence-corrected chi connectivity index (χ3v) is 5.20. The van der Waals surface area contributed by atoms with Crippen molar-refractivity contribution in [2.24, 2.45) is 0 Å². The summed E-state index contributed by atoms with van der Waals surface area (Å²) in [5.41, 5.74) is 1.46. The van der Waals surface area contributed by atoms with E-state index in [0.717, 1.165) is 37.5 Å². The van der Waals surface area contributed by atoms with E-state index in [1.165, 1.54) is 17.6 Å². The summed E-state index contributed by atoms with van der Waals surface area (Å²) in [5.74, 6) is 3.01. The summed E-state index contributed by atoms with van der Waals surface area (Å²) in [5, 5.41) is 0.0985. The fraction of sp³-hybridized carbons (Fsp3) is 0.500. The van der Waals surface area contributed by atoms with Crippen LogP contribution in [0.3, 0.4) is 0 Å². The Morgan fingerprint density at radius 1 is 1.24 bits per heavy atom. The van der Waals surface area contributed by atoms with E-state index in [2.05, 4.69) is 9.88 Å². The number of aromatic nitrogens is 2. The van der Waals surface area contributed by atoms with Crippen LogP contribution in [0.15, 0.2) is 12.1 Å². The fourth-order valence-corrected chi connectivity index (χ4v) is 3.93. The van der Waals surface area contributed by atoms with Gasteiger partial charge in [-0.05, 0) is 6.07 Å². The maximum Gasteiger partial charge on any atom is 0.144 e. The molecule has 0 spiro atoms. The van der Waals surface area contributed by atoms with Crippen LogP contribution in [-0.2, 0) is 12.4 Å². The minimum absolute atomic E-state index is 0.0985. The maximum absolute atomic E-state index is 13.7. The first-order valence-electron chi connectivity index (χ1n) is 6.89. The molecule has 3 rings (SSSR count). The third-order valence-electron chi connectivity index (χ3n) is 3.73. The SMILES string of the molecule is Fc1cc2c(cc1Cl)nc(CCl)n2CCN1CCSCC1. The highest BCUT2D eigenvalue weighted by atomic mass is 35.5. The Kier molecular flexibility index (Phi) is 4.94. The van der Waals surface area contributed by atoms with E-state index < -0.39 is 5.82 Å². The van der Waals surface area contributed by atoms with Crippen LogP contribution in [0.1, 0.15) is 5.82 Å². The van der Waals surface area contributed by atoms with Crippen LogP contribution in [0.4, 0.5) is 4.39 Å². The number of hydrogen-bond donors (Lipinski definition) is 0. The van der Waals surface area contributed by atoms with Gasteiger partial charge in [0.25, 0.3) is 0 Å². The molecule has 0 aliphatic carbocycles. The second-order valence-electron chi connectivity index (χ2n) is 5.02. The second kappa shape index (κ2) is 6.73. The molecule has 2 heterocycles. The molecule has 0 saturated carbocycles. The Morgan fingerprint density at radius 2 is 2.00 bits per heavy atom. The van der Waals surface area contributed by atoms with E-state index >= 15 is 0 Å². The predicted molar refractivity (Wildman–Crippen MR) is 88.0 cm³/mol. The summed E-state index contributed by atoms with van der Waals surface area (Å²) in [6.07, 6.45) is 0. The molecule has 2 aromatic rings. The van der Waals surface area contributed by atoms with Crippen molar-refractivity contribution in [1.29, 1.82) is 0 Å². The van der Waals surface area contributed by atoms with Crippen molar-refractivity contribution < 1.29 is 4.39 Å². The van der Waals surface area contributed by atoms with Gasteiger partial charge in [-0.1, -0.05) is 11.6 Å². The van der Waals surface area contributed by atoms with Crippen molar-refractivity contribution in [2.45, 2.75) is 12.4 Å². The van der Waals surface area contributed by atoms with Gasteiger partial charge in [0.05, 0.1) is 21.9 Å². The summed E-state index contributed by atoms with van der Waals surface area (Å²) < 4.78 is 15.7. The molecule has 1 aliphatic rings. The predicted octanol–water partition coefficient (Wildman–Crippen LogP) is 3.62. The zero-order chi connectivity index (χ0) is 14.8. The lowest BCUT2D eigenvalue weighted by Gasteiger charge is -2.26. The molecule has 7 heteroatoms. The third kappa shape index (κ3) is 3.31. The smallest absolute Gasteiger partial charge is 0.144 e. The summed E-state index contributed by atoms with van der Waals surface area (Å²) in [6.45, 7) is 3.91. The Morgan fingerprint density at radius 3 is 2.71 bits per heavy atom. The minimum atomic E-state index is -0.416. The maximum atomic E-state index is 13.7. The number of alkyl halides is 1. The van der Waals surface area contributed by atoms with E-state index in [-0.39, 0.29) is 5.02 Å². The van der Waals surface area contributed by atoms with Crippen LogP contribution in [-0.4, -0.2) is 45.6 Å². The Labute approximate surface area is 137 Å². The monoisotopic (exact) mass is 347 g/mol. The number of benzene rings is 1. The lowest BCUT2D eigenvalue weighted by molar-refractivity contribution is 0.290. The molecule has 3 nitrogen and oxygen atoms in total. The van der Waals surface area contributed by atoms with Gasteiger partial charge in [-0.25, -0.2) is 9.37 Å². The van der Waals surface area contributed by atoms with Crippen LogP contribution in [0, 0.1) is 5.82 Å². The van der Waals surface area contributed by atoms with Gasteiger partial charge in [-0.3, -0.25) is 4.90 Å². The topological polar surface area (TPSA) is 21.1 Å². The standard InChI is InChI=1S/C14H16Cl2FN3S/c15-9-14-18-12-7-10(16)11(17)8-13(12)20(14)2-1-19-3-5-21-6-4-19/h7-8H,1-6,9H2. The molecule has 1 saturated heterocycles. The molecule has 0 atom stereocenters. The molecular formula is C14H16Cl2FN3S. The Balaban J connectivity index is 1.86. The normalized spacial score (nSPS) is 16.7. The number of imidazole rings is 1. The Bertz CT molecular complexity index is 641. The number of thioether (sulfide) groups is 1. The first-order valence-corrected chi connectivity index (χ1v) is 8.96. The molecule has 1 aliphatic heterocycles. The highest BCUT2D eigenvalue weighted by Crippen LogP contribution is 2.24. The van der Waals surface area contributed by atoms with E-state index in [9.17, 15) is 4.39 Å². The summed E-state index contributed by atoms with van der Waals surface area (Å²) in [7, 11) is 0. The number of fused-ring (bicyclic) bond motifs is 1. The highest BCUT2D eigenvalue weighted by molar-refractivity contribution is 7.99. The van der Waals surface area contributed by atoms with Gasteiger partial charge >= 0.3 is 0 Å². The van der Waals surface area contributed by atoms with E-state index in [0.29, 0.717) is 11.4 Å². The largest absolute Gasteiger partial charge is 0.326 e. The van der Waals surface area contributed by atoms with Crippen molar-refractivity contribution in [3.05, 3.63) is 28.8 Å². The molecule has 0 N–H and O–H groups in total. The van der Waals surface area contributed by atoms with Crippen molar-refractivity contribution >= 4 is 46.0 Å². The van der Waals surface area contributed by atoms with E-state index in [1.54, 1.807) is 6.07 Å². The molecule has 0 unspecified atom stereocenters. The van der Waals surface area contributed by atoms with Crippen LogP contribution < -0.4 is 0 Å². The molecule has 1 aromatic heterocycles. The number of hydrogen-bond acceptors (Lipinski definition) is 3. The first kappa shape index (κ1) is 15.4. The molecule has 1 fully saturated rings. The van der Waals surface area contributed by atoms with Crippen LogP contribution in [0.5, 0.6) is 0 Å². The van der Waals surface area contributed by atoms with Gasteiger partial charge < -0.3 is 4.57 Å². The van der Waals surface area contributed by atoms with Gasteiger partial charge in [0.2, 0.25) is 0 Å². The lowest BCUT2D eigenvalue weighted by atomic mass is 10.3. The average Bonchev–Trinajstić information content (AvgIpc) is 2.83. The summed E-state index contributed by atoms with van der Waals surface area (Å²) in [6, 6.07) is 3.02. The summed E-state index contributed by atoms with van der Waals surface area (Å²) >= 11 is 13.8. The van der Waals surface area contributed by atoms with Crippen molar-refractivity contribution in [3.63, 3.8) is 0 Å². The average molecular weight is 348 g/mol. The number of nitrogens with zero attached hydrogens (tertiary/aromatic N) is 3. The molecule has 0 amide bonds. The van der Waals surface area contributed by atoms with E-state index in [4.69, 9.17) is 23.2 Å². The lowest BCUT2D eigenvalue weighted by Crippen LogP contribution is -2.35. The molecular weight excluding hydrogens is 332 g/mol. The van der Waals surface area contributed by atoms with Gasteiger partial charge in [0.15, 0.2) is 0 Å². The molecule has 1 aromatic carbocycles. The van der Waals surface area contributed by atoms with Gasteiger partial charge in [-0.2, -0.15) is 11.8 Å². The molecule has 0 bridgehead atoms. The summed E-state index contributed by atoms with van der Waals surface area (Å²) in [4.78, 5) is 6.88. The van der Waals surface area contributed by atoms with Crippen LogP contribution in [0.2, 0.25) is 5.02 Å². The molecule has 21 heavy (non-hydrogen) atoms. The van der Waals surface area contributed by atoms with E-state index in [1.807, 2.05) is 16.3 Å². The zero-order valence-corrected chi connectivity index (χ0v) is 13.8. The zero-order valence-electron chi connectivity index (χ0n) is 11.5. The molecule has 0 radical (unpaired) electrons. The van der Waals surface area contributed by atoms with Gasteiger partial charge in [0, 0.05) is 43.8 Å². The first-order chi connectivity index (χ1) is 10.2. The van der Waals surface area contributed by atoms with Crippen LogP contribution in [0.25, 0.3) is 11.0 Å². The highest BCUT2D eigenvalue weighted by Gasteiger charge is 2.15. The van der Waals surface area contributed by atoms with Crippen molar-refractivity contribution in [1.82, 2.24) is 14.5 Å². The molecule has 114 valence electrons. The van der Waals surface area contributed by atoms with Crippen molar-refractivity contribution in [2.75, 3.05) is 31.1 Å². The quantitative estimate of drug-likeness (QED) is 0.788. The fourth-order valence-electron chi connectivity index (χ4n) is 2.59. The number of rotatable bonds is 4. The van der Waals surface area contributed by atoms with Crippen LogP contribution >= 0.6 is 35.0 Å². The van der Waals surface area contributed by atoms with Gasteiger partial charge in [-0.15, -0.1) is 11.6 Å².